The molecule has 1 atom stereocenters. The number of nitrogen functional groups attached to an aromatic ring is 1. The van der Waals surface area contributed by atoms with Gasteiger partial charge in [0.25, 0.3) is 0 Å². The third-order valence-electron chi connectivity index (χ3n) is 3.19. The number of rotatable bonds is 4. The first-order valence-corrected chi connectivity index (χ1v) is 7.10. The lowest BCUT2D eigenvalue weighted by Crippen LogP contribution is -2.37. The standard InChI is InChI=1S/C11H19N5OS/c1-7(10(17)13-9-5-3-4-6-9)18-11-15-14-8(2)16(11)12/h7,9H,3-6,12H2,1-2H3,(H,13,17)/t7-/m0/s1. The van der Waals surface area contributed by atoms with E-state index in [0.29, 0.717) is 17.0 Å². The van der Waals surface area contributed by atoms with Gasteiger partial charge in [0.2, 0.25) is 11.1 Å². The van der Waals surface area contributed by atoms with Crippen LogP contribution >= 0.6 is 11.8 Å². The van der Waals surface area contributed by atoms with Crippen LogP contribution in [0.3, 0.4) is 0 Å². The Labute approximate surface area is 111 Å². The van der Waals surface area contributed by atoms with Gasteiger partial charge in [-0.05, 0) is 26.7 Å². The molecule has 0 radical (unpaired) electrons. The third-order valence-corrected chi connectivity index (χ3v) is 4.24. The molecule has 0 spiro atoms. The summed E-state index contributed by atoms with van der Waals surface area (Å²) in [6.45, 7) is 3.64. The SMILES string of the molecule is Cc1nnc(S[C@@H](C)C(=O)NC2CCCC2)n1N. The molecule has 0 aromatic carbocycles. The molecule has 0 saturated heterocycles. The van der Waals surface area contributed by atoms with Crippen LogP contribution in [0.5, 0.6) is 0 Å². The number of aromatic nitrogens is 3. The molecule has 0 aliphatic heterocycles. The van der Waals surface area contributed by atoms with Gasteiger partial charge >= 0.3 is 0 Å². The summed E-state index contributed by atoms with van der Waals surface area (Å²) in [5.41, 5.74) is 0. The molecule has 0 unspecified atom stereocenters. The molecular formula is C11H19N5OS. The number of nitrogens with zero attached hydrogens (tertiary/aromatic N) is 3. The number of nitrogens with two attached hydrogens (primary N) is 1. The topological polar surface area (TPSA) is 85.8 Å². The normalized spacial score (nSPS) is 17.9. The van der Waals surface area contributed by atoms with Gasteiger partial charge < -0.3 is 11.2 Å². The number of hydrogen-bond donors (Lipinski definition) is 2. The number of nitrogens with one attached hydrogen (secondary N) is 1. The molecule has 1 amide bonds. The van der Waals surface area contributed by atoms with Gasteiger partial charge in [0.1, 0.15) is 5.82 Å². The molecule has 2 rings (SSSR count). The van der Waals surface area contributed by atoms with Crippen LogP contribution in [0.1, 0.15) is 38.4 Å². The Balaban J connectivity index is 1.88. The quantitative estimate of drug-likeness (QED) is 0.625. The molecule has 1 aliphatic rings. The van der Waals surface area contributed by atoms with Crippen molar-refractivity contribution in [3.63, 3.8) is 0 Å². The van der Waals surface area contributed by atoms with E-state index < -0.39 is 0 Å². The minimum Gasteiger partial charge on any atom is -0.352 e. The van der Waals surface area contributed by atoms with Crippen molar-refractivity contribution < 1.29 is 4.79 Å². The number of carbonyl (C=O) groups excluding carboxylic acids is 1. The zero-order valence-corrected chi connectivity index (χ0v) is 11.5. The van der Waals surface area contributed by atoms with Crippen LogP contribution in [0.4, 0.5) is 0 Å². The number of amides is 1. The second-order valence-corrected chi connectivity index (χ2v) is 5.96. The second-order valence-electron chi connectivity index (χ2n) is 4.65. The van der Waals surface area contributed by atoms with Crippen LogP contribution in [0.2, 0.25) is 0 Å². The minimum atomic E-state index is -0.212. The van der Waals surface area contributed by atoms with E-state index in [1.807, 2.05) is 6.92 Å². The fraction of sp³-hybridized carbons (Fsp3) is 0.727. The zero-order valence-electron chi connectivity index (χ0n) is 10.7. The van der Waals surface area contributed by atoms with Crippen LogP contribution in [-0.4, -0.2) is 32.1 Å². The summed E-state index contributed by atoms with van der Waals surface area (Å²) in [4.78, 5) is 12.0. The summed E-state index contributed by atoms with van der Waals surface area (Å²) in [5, 5.41) is 11.2. The Morgan fingerprint density at radius 1 is 1.50 bits per heavy atom. The first-order valence-electron chi connectivity index (χ1n) is 6.22. The van der Waals surface area contributed by atoms with Gasteiger partial charge in [-0.1, -0.05) is 24.6 Å². The molecule has 6 nitrogen and oxygen atoms in total. The highest BCUT2D eigenvalue weighted by molar-refractivity contribution is 8.00. The highest BCUT2D eigenvalue weighted by Gasteiger charge is 2.22. The lowest BCUT2D eigenvalue weighted by molar-refractivity contribution is -0.120. The fourth-order valence-corrected chi connectivity index (χ4v) is 2.86. The maximum atomic E-state index is 12.0. The predicted octanol–water partition coefficient (Wildman–Crippen LogP) is 0.840. The number of carbonyl (C=O) groups is 1. The van der Waals surface area contributed by atoms with E-state index >= 15 is 0 Å². The van der Waals surface area contributed by atoms with E-state index in [2.05, 4.69) is 15.5 Å². The van der Waals surface area contributed by atoms with Gasteiger partial charge in [-0.25, -0.2) is 4.68 Å². The lowest BCUT2D eigenvalue weighted by atomic mass is 10.2. The van der Waals surface area contributed by atoms with Gasteiger partial charge in [-0.3, -0.25) is 4.79 Å². The van der Waals surface area contributed by atoms with Crippen molar-refractivity contribution in [2.75, 3.05) is 5.84 Å². The van der Waals surface area contributed by atoms with E-state index in [9.17, 15) is 4.79 Å². The number of thioether (sulfide) groups is 1. The molecule has 1 saturated carbocycles. The van der Waals surface area contributed by atoms with Crippen LogP contribution < -0.4 is 11.2 Å². The van der Waals surface area contributed by atoms with Crippen molar-refractivity contribution in [3.05, 3.63) is 5.82 Å². The van der Waals surface area contributed by atoms with E-state index in [1.165, 1.54) is 29.3 Å². The van der Waals surface area contributed by atoms with E-state index in [-0.39, 0.29) is 11.2 Å². The van der Waals surface area contributed by atoms with Gasteiger partial charge in [0.05, 0.1) is 5.25 Å². The van der Waals surface area contributed by atoms with Gasteiger partial charge in [0.15, 0.2) is 0 Å². The Hall–Kier alpha value is -1.24. The monoisotopic (exact) mass is 269 g/mol. The van der Waals surface area contributed by atoms with Crippen LogP contribution in [0, 0.1) is 6.92 Å². The fourth-order valence-electron chi connectivity index (χ4n) is 2.03. The highest BCUT2D eigenvalue weighted by atomic mass is 32.2. The van der Waals surface area contributed by atoms with Crippen molar-refractivity contribution in [2.45, 2.75) is 56.0 Å². The average Bonchev–Trinajstić information content (AvgIpc) is 2.94. The molecule has 1 aromatic heterocycles. The molecule has 7 heteroatoms. The highest BCUT2D eigenvalue weighted by Crippen LogP contribution is 2.22. The summed E-state index contributed by atoms with van der Waals surface area (Å²) in [5.74, 6) is 6.44. The minimum absolute atomic E-state index is 0.0487. The average molecular weight is 269 g/mol. The van der Waals surface area contributed by atoms with Crippen molar-refractivity contribution in [2.24, 2.45) is 0 Å². The van der Waals surface area contributed by atoms with E-state index in [4.69, 9.17) is 5.84 Å². The Kier molecular flexibility index (Phi) is 4.11. The first-order chi connectivity index (χ1) is 8.58. The van der Waals surface area contributed by atoms with E-state index in [1.54, 1.807) is 6.92 Å². The van der Waals surface area contributed by atoms with Crippen LogP contribution in [0.15, 0.2) is 5.16 Å². The summed E-state index contributed by atoms with van der Waals surface area (Å²) < 4.78 is 1.41. The van der Waals surface area contributed by atoms with Gasteiger partial charge in [-0.2, -0.15) is 0 Å². The van der Waals surface area contributed by atoms with Crippen LogP contribution in [-0.2, 0) is 4.79 Å². The molecular weight excluding hydrogens is 250 g/mol. The molecule has 1 fully saturated rings. The number of hydrogen-bond acceptors (Lipinski definition) is 5. The largest absolute Gasteiger partial charge is 0.352 e. The summed E-state index contributed by atoms with van der Waals surface area (Å²) in [6.07, 6.45) is 4.61. The Morgan fingerprint density at radius 3 is 2.72 bits per heavy atom. The first kappa shape index (κ1) is 13.2. The number of aryl methyl sites for hydroxylation is 1. The summed E-state index contributed by atoms with van der Waals surface area (Å²) >= 11 is 1.33. The maximum absolute atomic E-state index is 12.0. The van der Waals surface area contributed by atoms with E-state index in [0.717, 1.165) is 12.8 Å². The molecule has 0 bridgehead atoms. The van der Waals surface area contributed by atoms with Crippen molar-refractivity contribution in [1.82, 2.24) is 20.2 Å². The molecule has 3 N–H and O–H groups in total. The molecule has 100 valence electrons. The Morgan fingerprint density at radius 2 is 2.17 bits per heavy atom. The van der Waals surface area contributed by atoms with Gasteiger partial charge in [-0.15, -0.1) is 10.2 Å². The predicted molar refractivity (Wildman–Crippen MR) is 70.6 cm³/mol. The molecule has 1 aliphatic carbocycles. The third kappa shape index (κ3) is 2.95. The summed E-state index contributed by atoms with van der Waals surface area (Å²) in [7, 11) is 0. The zero-order chi connectivity index (χ0) is 13.1. The maximum Gasteiger partial charge on any atom is 0.233 e. The van der Waals surface area contributed by atoms with Crippen molar-refractivity contribution >= 4 is 17.7 Å². The molecule has 1 aromatic rings. The second kappa shape index (κ2) is 5.60. The van der Waals surface area contributed by atoms with Crippen molar-refractivity contribution in [1.29, 1.82) is 0 Å². The smallest absolute Gasteiger partial charge is 0.233 e. The summed E-state index contributed by atoms with van der Waals surface area (Å²) in [6, 6.07) is 0.345. The van der Waals surface area contributed by atoms with Crippen molar-refractivity contribution in [3.8, 4) is 0 Å². The molecule has 18 heavy (non-hydrogen) atoms. The van der Waals surface area contributed by atoms with Gasteiger partial charge in [0, 0.05) is 6.04 Å². The lowest BCUT2D eigenvalue weighted by Gasteiger charge is -2.15. The van der Waals surface area contributed by atoms with Crippen LogP contribution in [0.25, 0.3) is 0 Å². The molecule has 1 heterocycles. The Bertz CT molecular complexity index is 427.